The van der Waals surface area contributed by atoms with Gasteiger partial charge < -0.3 is 0 Å². The Hall–Kier alpha value is -1.64. The quantitative estimate of drug-likeness (QED) is 0.913. The highest BCUT2D eigenvalue weighted by molar-refractivity contribution is 5.22. The van der Waals surface area contributed by atoms with Crippen molar-refractivity contribution in [3.63, 3.8) is 0 Å². The molecule has 0 saturated heterocycles. The normalized spacial score (nSPS) is 16.4. The van der Waals surface area contributed by atoms with Gasteiger partial charge in [0.05, 0.1) is 0 Å². The Labute approximate surface area is 120 Å². The van der Waals surface area contributed by atoms with Gasteiger partial charge in [0.15, 0.2) is 5.82 Å². The van der Waals surface area contributed by atoms with Gasteiger partial charge in [-0.3, -0.25) is 5.10 Å². The van der Waals surface area contributed by atoms with Crippen molar-refractivity contribution in [1.29, 1.82) is 0 Å². The number of hydrogen-bond acceptors (Lipinski definition) is 2. The van der Waals surface area contributed by atoms with Gasteiger partial charge in [0.25, 0.3) is 0 Å². The Balaban J connectivity index is 1.59. The summed E-state index contributed by atoms with van der Waals surface area (Å²) >= 11 is 0. The first-order chi connectivity index (χ1) is 9.81. The molecule has 20 heavy (non-hydrogen) atoms. The third-order valence-corrected chi connectivity index (χ3v) is 4.25. The number of hydrogen-bond donors (Lipinski definition) is 1. The van der Waals surface area contributed by atoms with Gasteiger partial charge in [-0.15, -0.1) is 0 Å². The Bertz CT molecular complexity index is 553. The van der Waals surface area contributed by atoms with Gasteiger partial charge >= 0.3 is 0 Å². The molecule has 0 amide bonds. The maximum absolute atomic E-state index is 4.70. The molecule has 1 saturated carbocycles. The van der Waals surface area contributed by atoms with Gasteiger partial charge in [-0.1, -0.05) is 49.1 Å². The van der Waals surface area contributed by atoms with Crippen LogP contribution in [0.1, 0.15) is 60.8 Å². The van der Waals surface area contributed by atoms with E-state index in [1.165, 1.54) is 43.2 Å². The molecule has 1 fully saturated rings. The second kappa shape index (κ2) is 6.21. The van der Waals surface area contributed by atoms with Crippen molar-refractivity contribution in [2.45, 2.75) is 57.8 Å². The van der Waals surface area contributed by atoms with Crippen molar-refractivity contribution in [3.05, 3.63) is 47.0 Å². The summed E-state index contributed by atoms with van der Waals surface area (Å²) in [5.41, 5.74) is 2.70. The van der Waals surface area contributed by atoms with Gasteiger partial charge in [0.1, 0.15) is 5.82 Å². The minimum atomic E-state index is 0.590. The van der Waals surface area contributed by atoms with E-state index in [2.05, 4.69) is 41.4 Å². The first kappa shape index (κ1) is 13.3. The van der Waals surface area contributed by atoms with E-state index in [1.807, 2.05) is 0 Å². The minimum Gasteiger partial charge on any atom is -0.263 e. The lowest BCUT2D eigenvalue weighted by atomic mass is 9.89. The molecule has 0 aliphatic heterocycles. The largest absolute Gasteiger partial charge is 0.263 e. The number of aryl methyl sites for hydroxylation is 3. The first-order valence-electron chi connectivity index (χ1n) is 7.78. The summed E-state index contributed by atoms with van der Waals surface area (Å²) in [4.78, 5) is 4.70. The third-order valence-electron chi connectivity index (χ3n) is 4.25. The number of aromatic nitrogens is 3. The number of benzene rings is 1. The maximum atomic E-state index is 4.70. The summed E-state index contributed by atoms with van der Waals surface area (Å²) in [6.07, 6.45) is 8.53. The van der Waals surface area contributed by atoms with Gasteiger partial charge in [-0.05, 0) is 31.7 Å². The molecule has 1 aromatic heterocycles. The highest BCUT2D eigenvalue weighted by atomic mass is 15.2. The second-order valence-corrected chi connectivity index (χ2v) is 5.96. The number of nitrogens with zero attached hydrogens (tertiary/aromatic N) is 2. The average Bonchev–Trinajstić information content (AvgIpc) is 2.95. The standard InChI is InChI=1S/C17H23N3/c1-13-6-5-7-14(12-13)10-11-16-18-17(20-19-16)15-8-3-2-4-9-15/h5-7,12,15H,2-4,8-11H2,1H3,(H,18,19,20). The van der Waals surface area contributed by atoms with Crippen molar-refractivity contribution in [2.24, 2.45) is 0 Å². The van der Waals surface area contributed by atoms with Gasteiger partial charge in [-0.2, -0.15) is 5.10 Å². The number of aromatic amines is 1. The van der Waals surface area contributed by atoms with Crippen LogP contribution in [-0.4, -0.2) is 15.2 Å². The van der Waals surface area contributed by atoms with E-state index >= 15 is 0 Å². The summed E-state index contributed by atoms with van der Waals surface area (Å²) in [6.45, 7) is 2.14. The lowest BCUT2D eigenvalue weighted by Crippen LogP contribution is -2.06. The summed E-state index contributed by atoms with van der Waals surface area (Å²) in [6, 6.07) is 8.70. The van der Waals surface area contributed by atoms with E-state index in [-0.39, 0.29) is 0 Å². The molecule has 1 aromatic carbocycles. The number of H-pyrrole nitrogens is 1. The van der Waals surface area contributed by atoms with Crippen LogP contribution in [0, 0.1) is 6.92 Å². The minimum absolute atomic E-state index is 0.590. The second-order valence-electron chi connectivity index (χ2n) is 5.96. The Morgan fingerprint density at radius 3 is 2.80 bits per heavy atom. The molecule has 0 unspecified atom stereocenters. The van der Waals surface area contributed by atoms with E-state index in [9.17, 15) is 0 Å². The molecule has 1 aliphatic carbocycles. The van der Waals surface area contributed by atoms with E-state index in [0.717, 1.165) is 24.5 Å². The van der Waals surface area contributed by atoms with Gasteiger partial charge in [-0.25, -0.2) is 4.98 Å². The first-order valence-corrected chi connectivity index (χ1v) is 7.78. The molecular formula is C17H23N3. The van der Waals surface area contributed by atoms with Crippen LogP contribution in [0.4, 0.5) is 0 Å². The molecule has 3 rings (SSSR count). The van der Waals surface area contributed by atoms with Crippen LogP contribution in [0.2, 0.25) is 0 Å². The Morgan fingerprint density at radius 2 is 2.00 bits per heavy atom. The molecule has 0 radical (unpaired) electrons. The Morgan fingerprint density at radius 1 is 1.15 bits per heavy atom. The van der Waals surface area contributed by atoms with Crippen molar-refractivity contribution < 1.29 is 0 Å². The van der Waals surface area contributed by atoms with Crippen LogP contribution >= 0.6 is 0 Å². The van der Waals surface area contributed by atoms with Gasteiger partial charge in [0, 0.05) is 12.3 Å². The fraction of sp³-hybridized carbons (Fsp3) is 0.529. The fourth-order valence-electron chi connectivity index (χ4n) is 3.10. The molecule has 106 valence electrons. The van der Waals surface area contributed by atoms with E-state index in [4.69, 9.17) is 4.98 Å². The number of rotatable bonds is 4. The lowest BCUT2D eigenvalue weighted by molar-refractivity contribution is 0.429. The van der Waals surface area contributed by atoms with Crippen LogP contribution in [0.5, 0.6) is 0 Å². The predicted octanol–water partition coefficient (Wildman–Crippen LogP) is 3.95. The molecule has 0 spiro atoms. The van der Waals surface area contributed by atoms with E-state index in [1.54, 1.807) is 0 Å². The summed E-state index contributed by atoms with van der Waals surface area (Å²) in [5, 5.41) is 7.56. The zero-order valence-electron chi connectivity index (χ0n) is 12.2. The van der Waals surface area contributed by atoms with Crippen molar-refractivity contribution in [2.75, 3.05) is 0 Å². The summed E-state index contributed by atoms with van der Waals surface area (Å²) in [7, 11) is 0. The molecule has 1 N–H and O–H groups in total. The average molecular weight is 269 g/mol. The topological polar surface area (TPSA) is 41.6 Å². The van der Waals surface area contributed by atoms with Crippen LogP contribution in [0.15, 0.2) is 24.3 Å². The van der Waals surface area contributed by atoms with Crippen molar-refractivity contribution in [1.82, 2.24) is 15.2 Å². The SMILES string of the molecule is Cc1cccc(CCc2nc(C3CCCCC3)n[nH]2)c1. The maximum Gasteiger partial charge on any atom is 0.153 e. The van der Waals surface area contributed by atoms with Crippen LogP contribution in [0.3, 0.4) is 0 Å². The number of nitrogens with one attached hydrogen (secondary N) is 1. The van der Waals surface area contributed by atoms with Crippen LogP contribution in [0.25, 0.3) is 0 Å². The predicted molar refractivity (Wildman–Crippen MR) is 80.8 cm³/mol. The molecule has 0 bridgehead atoms. The molecule has 2 aromatic rings. The monoisotopic (exact) mass is 269 g/mol. The van der Waals surface area contributed by atoms with Crippen molar-refractivity contribution >= 4 is 0 Å². The molecule has 0 atom stereocenters. The summed E-state index contributed by atoms with van der Waals surface area (Å²) in [5.74, 6) is 2.67. The smallest absolute Gasteiger partial charge is 0.153 e. The molecule has 1 aliphatic rings. The molecule has 1 heterocycles. The molecule has 3 heteroatoms. The third kappa shape index (κ3) is 3.27. The van der Waals surface area contributed by atoms with Gasteiger partial charge in [0.2, 0.25) is 0 Å². The zero-order valence-corrected chi connectivity index (χ0v) is 12.2. The lowest BCUT2D eigenvalue weighted by Gasteiger charge is -2.18. The fourth-order valence-corrected chi connectivity index (χ4v) is 3.10. The molecule has 3 nitrogen and oxygen atoms in total. The highest BCUT2D eigenvalue weighted by Crippen LogP contribution is 2.30. The zero-order chi connectivity index (χ0) is 13.8. The summed E-state index contributed by atoms with van der Waals surface area (Å²) < 4.78 is 0. The van der Waals surface area contributed by atoms with E-state index in [0.29, 0.717) is 5.92 Å². The highest BCUT2D eigenvalue weighted by Gasteiger charge is 2.19. The van der Waals surface area contributed by atoms with Crippen molar-refractivity contribution in [3.8, 4) is 0 Å². The van der Waals surface area contributed by atoms with Crippen LogP contribution < -0.4 is 0 Å². The van der Waals surface area contributed by atoms with E-state index < -0.39 is 0 Å². The van der Waals surface area contributed by atoms with Crippen LogP contribution in [-0.2, 0) is 12.8 Å². The Kier molecular flexibility index (Phi) is 4.14. The molecular weight excluding hydrogens is 246 g/mol.